The lowest BCUT2D eigenvalue weighted by molar-refractivity contribution is 1.07. The molecular formula is C96H62N6. The first-order valence-electron chi connectivity index (χ1n) is 34.5. The van der Waals surface area contributed by atoms with Crippen molar-refractivity contribution in [3.05, 3.63) is 376 Å². The summed E-state index contributed by atoms with van der Waals surface area (Å²) < 4.78 is 0. The van der Waals surface area contributed by atoms with E-state index in [0.717, 1.165) is 50.1 Å². The largest absolute Gasteiger partial charge is 0.208 e. The van der Waals surface area contributed by atoms with E-state index >= 15 is 0 Å². The third kappa shape index (κ3) is 11.8. The van der Waals surface area contributed by atoms with Gasteiger partial charge >= 0.3 is 0 Å². The van der Waals surface area contributed by atoms with E-state index in [0.29, 0.717) is 34.9 Å². The molecule has 476 valence electrons. The summed E-state index contributed by atoms with van der Waals surface area (Å²) in [7, 11) is 0. The van der Waals surface area contributed by atoms with Gasteiger partial charge in [-0.05, 0) is 132 Å². The Kier molecular flexibility index (Phi) is 15.8. The molecule has 17 aromatic carbocycles. The van der Waals surface area contributed by atoms with E-state index in [-0.39, 0.29) is 0 Å². The first-order valence-corrected chi connectivity index (χ1v) is 34.5. The van der Waals surface area contributed by atoms with Gasteiger partial charge < -0.3 is 0 Å². The van der Waals surface area contributed by atoms with Crippen molar-refractivity contribution in [2.45, 2.75) is 0 Å². The predicted octanol–water partition coefficient (Wildman–Crippen LogP) is 25.0. The molecule has 0 aliphatic carbocycles. The number of hydrogen-bond donors (Lipinski definition) is 0. The van der Waals surface area contributed by atoms with Crippen LogP contribution < -0.4 is 0 Å². The van der Waals surface area contributed by atoms with E-state index < -0.39 is 0 Å². The Balaban J connectivity index is 0.000000147. The van der Waals surface area contributed by atoms with Gasteiger partial charge in [-0.15, -0.1) is 0 Å². The van der Waals surface area contributed by atoms with Crippen molar-refractivity contribution < 1.29 is 0 Å². The second-order valence-corrected chi connectivity index (χ2v) is 25.7. The van der Waals surface area contributed by atoms with Crippen LogP contribution in [0.1, 0.15) is 0 Å². The average Bonchev–Trinajstić information content (AvgIpc) is 0.765. The second kappa shape index (κ2) is 26.6. The molecule has 0 saturated carbocycles. The van der Waals surface area contributed by atoms with Crippen LogP contribution in [-0.2, 0) is 0 Å². The van der Waals surface area contributed by atoms with Crippen LogP contribution in [0.5, 0.6) is 0 Å². The van der Waals surface area contributed by atoms with Gasteiger partial charge in [0, 0.05) is 33.4 Å². The van der Waals surface area contributed by atoms with E-state index in [1.54, 1.807) is 0 Å². The van der Waals surface area contributed by atoms with Gasteiger partial charge in [-0.3, -0.25) is 0 Å². The van der Waals surface area contributed by atoms with Crippen LogP contribution in [0.4, 0.5) is 0 Å². The van der Waals surface area contributed by atoms with E-state index in [1.807, 2.05) is 97.1 Å². The van der Waals surface area contributed by atoms with Crippen LogP contribution in [0.15, 0.2) is 376 Å². The van der Waals surface area contributed by atoms with Crippen LogP contribution >= 0.6 is 0 Å². The Morgan fingerprint density at radius 1 is 0.127 bits per heavy atom. The van der Waals surface area contributed by atoms with Gasteiger partial charge in [0.1, 0.15) is 0 Å². The van der Waals surface area contributed by atoms with Crippen molar-refractivity contribution >= 4 is 64.6 Å². The van der Waals surface area contributed by atoms with Gasteiger partial charge in [-0.1, -0.05) is 364 Å². The lowest BCUT2D eigenvalue weighted by Crippen LogP contribution is -2.00. The molecule has 6 heteroatoms. The molecule has 0 spiro atoms. The molecule has 0 N–H and O–H groups in total. The summed E-state index contributed by atoms with van der Waals surface area (Å²) in [4.78, 5) is 29.8. The van der Waals surface area contributed by atoms with Crippen molar-refractivity contribution in [1.29, 1.82) is 0 Å². The summed E-state index contributed by atoms with van der Waals surface area (Å²) in [6.07, 6.45) is 0. The number of fused-ring (bicyclic) bond motifs is 8. The number of aromatic nitrogens is 6. The van der Waals surface area contributed by atoms with E-state index in [1.165, 1.54) is 104 Å². The third-order valence-electron chi connectivity index (χ3n) is 19.5. The highest BCUT2D eigenvalue weighted by atomic mass is 15.0. The number of hydrogen-bond acceptors (Lipinski definition) is 6. The van der Waals surface area contributed by atoms with E-state index in [9.17, 15) is 0 Å². The highest BCUT2D eigenvalue weighted by molar-refractivity contribution is 6.12. The smallest absolute Gasteiger partial charge is 0.164 e. The molecule has 0 radical (unpaired) electrons. The molecule has 0 bridgehead atoms. The van der Waals surface area contributed by atoms with Gasteiger partial charge in [-0.25, -0.2) is 29.9 Å². The summed E-state index contributed by atoms with van der Waals surface area (Å²) in [5.74, 6) is 3.88. The third-order valence-corrected chi connectivity index (χ3v) is 19.5. The Morgan fingerprint density at radius 3 is 0.686 bits per heavy atom. The van der Waals surface area contributed by atoms with Gasteiger partial charge in [-0.2, -0.15) is 0 Å². The molecule has 0 aliphatic rings. The molecule has 0 aliphatic heterocycles. The quantitative estimate of drug-likeness (QED) is 0.120. The van der Waals surface area contributed by atoms with Gasteiger partial charge in [0.2, 0.25) is 0 Å². The summed E-state index contributed by atoms with van der Waals surface area (Å²) >= 11 is 0. The van der Waals surface area contributed by atoms with Crippen molar-refractivity contribution in [1.82, 2.24) is 29.9 Å². The molecule has 0 amide bonds. The minimum absolute atomic E-state index is 0.637. The lowest BCUT2D eigenvalue weighted by atomic mass is 9.88. The van der Waals surface area contributed by atoms with E-state index in [2.05, 4.69) is 279 Å². The molecule has 102 heavy (non-hydrogen) atoms. The second-order valence-electron chi connectivity index (χ2n) is 25.7. The summed E-state index contributed by atoms with van der Waals surface area (Å²) in [6.45, 7) is 0. The van der Waals surface area contributed by atoms with Crippen molar-refractivity contribution in [3.8, 4) is 124 Å². The van der Waals surface area contributed by atoms with Gasteiger partial charge in [0.15, 0.2) is 34.9 Å². The van der Waals surface area contributed by atoms with Gasteiger partial charge in [0.05, 0.1) is 0 Å². The van der Waals surface area contributed by atoms with Crippen LogP contribution in [-0.4, -0.2) is 29.9 Å². The zero-order chi connectivity index (χ0) is 67.7. The maximum Gasteiger partial charge on any atom is 0.164 e. The zero-order valence-electron chi connectivity index (χ0n) is 55.5. The molecule has 0 atom stereocenters. The van der Waals surface area contributed by atoms with Crippen LogP contribution in [0.3, 0.4) is 0 Å². The fraction of sp³-hybridized carbons (Fsp3) is 0. The predicted molar refractivity (Wildman–Crippen MR) is 424 cm³/mol. The van der Waals surface area contributed by atoms with Crippen LogP contribution in [0.25, 0.3) is 189 Å². The topological polar surface area (TPSA) is 77.3 Å². The standard InChI is InChI=1S/C51H33N3.C45H29N3/c1-3-11-34(12-4-1)35-19-24-40(25-20-35)50-52-49(39-15-5-2-6-16-39)53-51(54-50)41-26-22-38(23-27-41)48-46-18-10-8-14-37(46)29-32-47(48)43-30-31-45-42(33-43)28-21-36-13-7-9-17-44(36)45;1-3-13-33(14-4-1)43-46-44(34-15-5-2-6-16-34)48-45(47-43)35-22-20-32(21-23-35)42-40-18-10-8-12-31(40)25-28-41(42)37-26-27-39-36(29-37)24-19-30-11-7-9-17-38(30)39/h1-33H;1-29H. The zero-order valence-corrected chi connectivity index (χ0v) is 55.5. The molecule has 0 saturated heterocycles. The average molecular weight is 1300 g/mol. The van der Waals surface area contributed by atoms with Gasteiger partial charge in [0.25, 0.3) is 0 Å². The number of nitrogens with zero attached hydrogens (tertiary/aromatic N) is 6. The van der Waals surface area contributed by atoms with Crippen molar-refractivity contribution in [2.75, 3.05) is 0 Å². The summed E-state index contributed by atoms with van der Waals surface area (Å²) in [5.41, 5.74) is 17.5. The van der Waals surface area contributed by atoms with Crippen LogP contribution in [0, 0.1) is 0 Å². The minimum Gasteiger partial charge on any atom is -0.208 e. The highest BCUT2D eigenvalue weighted by Gasteiger charge is 2.20. The molecule has 19 rings (SSSR count). The first kappa shape index (κ1) is 60.7. The van der Waals surface area contributed by atoms with E-state index in [4.69, 9.17) is 29.9 Å². The summed E-state index contributed by atoms with van der Waals surface area (Å²) in [6, 6.07) is 133. The molecule has 0 unspecified atom stereocenters. The maximum absolute atomic E-state index is 5.05. The minimum atomic E-state index is 0.637. The van der Waals surface area contributed by atoms with Crippen LogP contribution in [0.2, 0.25) is 0 Å². The summed E-state index contributed by atoms with van der Waals surface area (Å²) in [5, 5.41) is 14.9. The monoisotopic (exact) mass is 1300 g/mol. The highest BCUT2D eigenvalue weighted by Crippen LogP contribution is 2.43. The number of rotatable bonds is 11. The molecule has 19 aromatic rings. The molecule has 2 aromatic heterocycles. The van der Waals surface area contributed by atoms with Crippen molar-refractivity contribution in [3.63, 3.8) is 0 Å². The number of benzene rings is 17. The van der Waals surface area contributed by atoms with Crippen molar-refractivity contribution in [2.24, 2.45) is 0 Å². The fourth-order valence-electron chi connectivity index (χ4n) is 14.3. The molecular weight excluding hydrogens is 1240 g/mol. The molecule has 2 heterocycles. The Bertz CT molecular complexity index is 6270. The molecule has 6 nitrogen and oxygen atoms in total. The molecule has 0 fully saturated rings. The normalized spacial score (nSPS) is 11.3. The Labute approximate surface area is 591 Å². The fourth-order valence-corrected chi connectivity index (χ4v) is 14.3. The lowest BCUT2D eigenvalue weighted by Gasteiger charge is -2.16. The Hall–Kier alpha value is -13.7. The maximum atomic E-state index is 5.05. The Morgan fingerprint density at radius 2 is 0.343 bits per heavy atom. The SMILES string of the molecule is c1ccc(-c2ccc(-c3nc(-c4ccccc4)nc(-c4ccc(-c5c(-c6ccc7c(ccc8ccccc87)c6)ccc6ccccc56)cc4)n3)cc2)cc1.c1ccc(-c2nc(-c3ccccc3)nc(-c3ccc(-c4c(-c5ccc6c(ccc7ccccc76)c5)ccc5ccccc45)cc3)n2)cc1. The first-order chi connectivity index (χ1) is 50.5.